The van der Waals surface area contributed by atoms with Gasteiger partial charge in [0.2, 0.25) is 0 Å². The summed E-state index contributed by atoms with van der Waals surface area (Å²) < 4.78 is 5.29. The van der Waals surface area contributed by atoms with Crippen molar-refractivity contribution in [3.63, 3.8) is 0 Å². The Hall–Kier alpha value is -2.23. The van der Waals surface area contributed by atoms with Crippen LogP contribution in [0.5, 0.6) is 0 Å². The Kier molecular flexibility index (Phi) is 2.55. The number of pyridine rings is 1. The highest BCUT2D eigenvalue weighted by molar-refractivity contribution is 5.93. The Bertz CT molecular complexity index is 703. The van der Waals surface area contributed by atoms with E-state index in [1.54, 1.807) is 6.20 Å². The summed E-state index contributed by atoms with van der Waals surface area (Å²) in [7, 11) is 0. The van der Waals surface area contributed by atoms with Crippen LogP contribution in [-0.4, -0.2) is 15.1 Å². The van der Waals surface area contributed by atoms with Gasteiger partial charge in [-0.15, -0.1) is 0 Å². The summed E-state index contributed by atoms with van der Waals surface area (Å²) in [5.74, 6) is 1.25. The summed E-state index contributed by atoms with van der Waals surface area (Å²) in [4.78, 5) is 8.79. The van der Waals surface area contributed by atoms with Gasteiger partial charge in [0.1, 0.15) is 0 Å². The molecule has 0 N–H and O–H groups in total. The molecule has 18 heavy (non-hydrogen) atoms. The highest BCUT2D eigenvalue weighted by atomic mass is 16.5. The summed E-state index contributed by atoms with van der Waals surface area (Å²) in [6, 6.07) is 8.02. The Balaban J connectivity index is 2.26. The zero-order valence-electron chi connectivity index (χ0n) is 10.3. The van der Waals surface area contributed by atoms with Gasteiger partial charge in [0, 0.05) is 18.0 Å². The second-order valence-corrected chi connectivity index (χ2v) is 4.20. The van der Waals surface area contributed by atoms with Crippen molar-refractivity contribution < 1.29 is 4.52 Å². The van der Waals surface area contributed by atoms with Crippen molar-refractivity contribution >= 4 is 10.9 Å². The molecule has 0 aliphatic heterocycles. The number of rotatable bonds is 2. The highest BCUT2D eigenvalue weighted by Gasteiger charge is 2.12. The number of hydrogen-bond donors (Lipinski definition) is 0. The quantitative estimate of drug-likeness (QED) is 0.689. The lowest BCUT2D eigenvalue weighted by molar-refractivity contribution is 0.423. The molecule has 4 heteroatoms. The van der Waals surface area contributed by atoms with Crippen LogP contribution in [0.4, 0.5) is 0 Å². The van der Waals surface area contributed by atoms with E-state index in [4.69, 9.17) is 4.52 Å². The molecule has 0 radical (unpaired) electrons. The van der Waals surface area contributed by atoms with Crippen molar-refractivity contribution in [2.24, 2.45) is 0 Å². The van der Waals surface area contributed by atoms with E-state index in [1.165, 1.54) is 5.56 Å². The van der Waals surface area contributed by atoms with Crippen LogP contribution in [0.2, 0.25) is 0 Å². The van der Waals surface area contributed by atoms with Gasteiger partial charge in [-0.1, -0.05) is 24.2 Å². The van der Waals surface area contributed by atoms with E-state index in [9.17, 15) is 0 Å². The molecule has 4 nitrogen and oxygen atoms in total. The van der Waals surface area contributed by atoms with E-state index in [0.29, 0.717) is 5.89 Å². The zero-order valence-corrected chi connectivity index (χ0v) is 10.3. The van der Waals surface area contributed by atoms with E-state index < -0.39 is 0 Å². The monoisotopic (exact) mass is 239 g/mol. The average molecular weight is 239 g/mol. The summed E-state index contributed by atoms with van der Waals surface area (Å²) >= 11 is 0. The minimum atomic E-state index is 0.538. The van der Waals surface area contributed by atoms with Crippen molar-refractivity contribution in [1.29, 1.82) is 0 Å². The molecule has 0 atom stereocenters. The maximum atomic E-state index is 5.29. The van der Waals surface area contributed by atoms with Crippen molar-refractivity contribution in [1.82, 2.24) is 15.1 Å². The number of aryl methyl sites for hydroxylation is 2. The number of nitrogens with zero attached hydrogens (tertiary/aromatic N) is 3. The van der Waals surface area contributed by atoms with Crippen LogP contribution < -0.4 is 0 Å². The lowest BCUT2D eigenvalue weighted by Gasteiger charge is -2.04. The van der Waals surface area contributed by atoms with Gasteiger partial charge in [0.15, 0.2) is 5.82 Å². The molecule has 0 amide bonds. The third kappa shape index (κ3) is 1.66. The molecule has 90 valence electrons. The fourth-order valence-electron chi connectivity index (χ4n) is 1.99. The summed E-state index contributed by atoms with van der Waals surface area (Å²) in [6.45, 7) is 4.07. The summed E-state index contributed by atoms with van der Waals surface area (Å²) in [5.41, 5.74) is 2.99. The normalized spacial score (nSPS) is 11.0. The molecular weight excluding hydrogens is 226 g/mol. The second kappa shape index (κ2) is 4.22. The summed E-state index contributed by atoms with van der Waals surface area (Å²) in [5, 5.41) is 5.04. The van der Waals surface area contributed by atoms with Crippen molar-refractivity contribution in [3.8, 4) is 11.5 Å². The van der Waals surface area contributed by atoms with Gasteiger partial charge in [0.25, 0.3) is 5.89 Å². The van der Waals surface area contributed by atoms with Crippen LogP contribution in [0.3, 0.4) is 0 Å². The molecule has 0 saturated carbocycles. The molecule has 2 aromatic heterocycles. The van der Waals surface area contributed by atoms with Crippen LogP contribution >= 0.6 is 0 Å². The molecule has 0 spiro atoms. The Morgan fingerprint density at radius 2 is 2.11 bits per heavy atom. The first kappa shape index (κ1) is 10.9. The van der Waals surface area contributed by atoms with Gasteiger partial charge in [-0.25, -0.2) is 0 Å². The Morgan fingerprint density at radius 3 is 2.89 bits per heavy atom. The van der Waals surface area contributed by atoms with Gasteiger partial charge in [-0.05, 0) is 24.6 Å². The molecule has 0 bridgehead atoms. The molecule has 0 aliphatic carbocycles. The van der Waals surface area contributed by atoms with Crippen LogP contribution in [0.15, 0.2) is 35.0 Å². The predicted octanol–water partition coefficient (Wildman–Crippen LogP) is 3.16. The van der Waals surface area contributed by atoms with Crippen LogP contribution in [0.1, 0.15) is 18.3 Å². The number of fused-ring (bicyclic) bond motifs is 1. The predicted molar refractivity (Wildman–Crippen MR) is 69.2 cm³/mol. The largest absolute Gasteiger partial charge is 0.334 e. The minimum absolute atomic E-state index is 0.538. The highest BCUT2D eigenvalue weighted by Crippen LogP contribution is 2.27. The van der Waals surface area contributed by atoms with Gasteiger partial charge in [0.05, 0.1) is 11.1 Å². The van der Waals surface area contributed by atoms with Crippen LogP contribution in [-0.2, 0) is 6.42 Å². The number of aromatic nitrogens is 3. The van der Waals surface area contributed by atoms with E-state index in [-0.39, 0.29) is 0 Å². The Morgan fingerprint density at radius 1 is 1.22 bits per heavy atom. The molecule has 3 aromatic rings. The third-order valence-electron chi connectivity index (χ3n) is 3.00. The fourth-order valence-corrected chi connectivity index (χ4v) is 1.99. The van der Waals surface area contributed by atoms with Gasteiger partial charge >= 0.3 is 0 Å². The fraction of sp³-hybridized carbons (Fsp3) is 0.214. The molecule has 1 aromatic carbocycles. The molecule has 0 aliphatic rings. The number of hydrogen-bond acceptors (Lipinski definition) is 4. The molecule has 0 unspecified atom stereocenters. The van der Waals surface area contributed by atoms with Crippen molar-refractivity contribution in [3.05, 3.63) is 41.9 Å². The SMILES string of the molecule is CCc1noc(-c2ccc(C)c3cccnc23)n1. The van der Waals surface area contributed by atoms with E-state index >= 15 is 0 Å². The minimum Gasteiger partial charge on any atom is -0.334 e. The molecule has 0 fully saturated rings. The smallest absolute Gasteiger partial charge is 0.260 e. The first-order valence-corrected chi connectivity index (χ1v) is 5.97. The first-order chi connectivity index (χ1) is 8.79. The van der Waals surface area contributed by atoms with Crippen molar-refractivity contribution in [2.75, 3.05) is 0 Å². The third-order valence-corrected chi connectivity index (χ3v) is 3.00. The molecule has 2 heterocycles. The number of benzene rings is 1. The molecule has 0 saturated heterocycles. The van der Waals surface area contributed by atoms with Gasteiger partial charge in [-0.2, -0.15) is 4.98 Å². The lowest BCUT2D eigenvalue weighted by atomic mass is 10.0. The van der Waals surface area contributed by atoms with Crippen molar-refractivity contribution in [2.45, 2.75) is 20.3 Å². The maximum absolute atomic E-state index is 5.29. The maximum Gasteiger partial charge on any atom is 0.260 e. The second-order valence-electron chi connectivity index (χ2n) is 4.20. The van der Waals surface area contributed by atoms with Gasteiger partial charge in [-0.3, -0.25) is 4.98 Å². The lowest BCUT2D eigenvalue weighted by Crippen LogP contribution is -1.88. The van der Waals surface area contributed by atoms with Crippen LogP contribution in [0.25, 0.3) is 22.4 Å². The topological polar surface area (TPSA) is 51.8 Å². The summed E-state index contributed by atoms with van der Waals surface area (Å²) in [6.07, 6.45) is 2.54. The first-order valence-electron chi connectivity index (χ1n) is 5.97. The van der Waals surface area contributed by atoms with E-state index in [2.05, 4.69) is 34.2 Å². The van der Waals surface area contributed by atoms with E-state index in [0.717, 1.165) is 28.7 Å². The average Bonchev–Trinajstić information content (AvgIpc) is 2.88. The zero-order chi connectivity index (χ0) is 12.5. The standard InChI is InChI=1S/C14H13N3O/c1-3-12-16-14(18-17-12)11-7-6-9(2)10-5-4-8-15-13(10)11/h4-8H,3H2,1-2H3. The van der Waals surface area contributed by atoms with E-state index in [1.807, 2.05) is 19.1 Å². The molecular formula is C14H13N3O. The Labute approximate surface area is 105 Å². The van der Waals surface area contributed by atoms with Crippen LogP contribution in [0, 0.1) is 6.92 Å². The molecule has 3 rings (SSSR count). The van der Waals surface area contributed by atoms with Gasteiger partial charge < -0.3 is 4.52 Å².